The van der Waals surface area contributed by atoms with Gasteiger partial charge in [-0.05, 0) is 6.07 Å². The Kier molecular flexibility index (Phi) is 2.76. The van der Waals surface area contributed by atoms with Crippen LogP contribution in [0.2, 0.25) is 0 Å². The van der Waals surface area contributed by atoms with Gasteiger partial charge in [0.1, 0.15) is 17.6 Å². The number of benzene rings is 1. The lowest BCUT2D eigenvalue weighted by Gasteiger charge is -2.17. The summed E-state index contributed by atoms with van der Waals surface area (Å²) < 4.78 is 49.2. The van der Waals surface area contributed by atoms with Gasteiger partial charge in [-0.2, -0.15) is 13.2 Å². The van der Waals surface area contributed by atoms with Crippen molar-refractivity contribution >= 4 is 5.69 Å². The van der Waals surface area contributed by atoms with E-state index < -0.39 is 35.0 Å². The molecule has 0 fully saturated rings. The normalized spacial score (nSPS) is 13.9. The van der Waals surface area contributed by atoms with E-state index in [1.165, 1.54) is 0 Å². The van der Waals surface area contributed by atoms with Crippen molar-refractivity contribution in [3.05, 3.63) is 23.5 Å². The van der Waals surface area contributed by atoms with Gasteiger partial charge < -0.3 is 16.6 Å². The minimum Gasteiger partial charge on any atom is -0.507 e. The van der Waals surface area contributed by atoms with Gasteiger partial charge in [-0.25, -0.2) is 4.39 Å². The third-order valence-electron chi connectivity index (χ3n) is 1.83. The SMILES string of the molecule is Nc1cc([C@@H](N)C(F)(F)F)c(O)cc1F. The molecule has 1 aromatic rings. The molecule has 1 aromatic carbocycles. The first-order valence-corrected chi connectivity index (χ1v) is 3.83. The van der Waals surface area contributed by atoms with Gasteiger partial charge in [-0.3, -0.25) is 0 Å². The second-order valence-corrected chi connectivity index (χ2v) is 2.95. The van der Waals surface area contributed by atoms with E-state index in [4.69, 9.17) is 16.6 Å². The summed E-state index contributed by atoms with van der Waals surface area (Å²) in [6, 6.07) is -1.22. The number of aromatic hydroxyl groups is 1. The van der Waals surface area contributed by atoms with Crippen molar-refractivity contribution in [2.45, 2.75) is 12.2 Å². The number of halogens is 4. The lowest BCUT2D eigenvalue weighted by molar-refractivity contribution is -0.149. The first-order valence-electron chi connectivity index (χ1n) is 3.83. The van der Waals surface area contributed by atoms with Gasteiger partial charge in [-0.15, -0.1) is 0 Å². The van der Waals surface area contributed by atoms with Crippen LogP contribution in [-0.4, -0.2) is 11.3 Å². The van der Waals surface area contributed by atoms with Crippen LogP contribution in [0, 0.1) is 5.82 Å². The molecule has 84 valence electrons. The van der Waals surface area contributed by atoms with E-state index >= 15 is 0 Å². The third-order valence-corrected chi connectivity index (χ3v) is 1.83. The smallest absolute Gasteiger partial charge is 0.407 e. The van der Waals surface area contributed by atoms with Crippen molar-refractivity contribution in [3.8, 4) is 5.75 Å². The van der Waals surface area contributed by atoms with Gasteiger partial charge in [0, 0.05) is 11.6 Å². The molecule has 0 unspecified atom stereocenters. The summed E-state index contributed by atoms with van der Waals surface area (Å²) in [5, 5.41) is 9.07. The molecule has 0 aliphatic rings. The largest absolute Gasteiger partial charge is 0.507 e. The summed E-state index contributed by atoms with van der Waals surface area (Å²) in [7, 11) is 0. The van der Waals surface area contributed by atoms with Gasteiger partial charge in [0.05, 0.1) is 5.69 Å². The molecule has 5 N–H and O–H groups in total. The summed E-state index contributed by atoms with van der Waals surface area (Å²) >= 11 is 0. The highest BCUT2D eigenvalue weighted by Gasteiger charge is 2.39. The number of nitrogens with two attached hydrogens (primary N) is 2. The summed E-state index contributed by atoms with van der Waals surface area (Å²) in [6.45, 7) is 0. The summed E-state index contributed by atoms with van der Waals surface area (Å²) in [4.78, 5) is 0. The molecule has 0 aromatic heterocycles. The monoisotopic (exact) mass is 224 g/mol. The zero-order chi connectivity index (χ0) is 11.8. The van der Waals surface area contributed by atoms with Crippen molar-refractivity contribution < 1.29 is 22.7 Å². The average Bonchev–Trinajstić information content (AvgIpc) is 2.08. The van der Waals surface area contributed by atoms with Gasteiger partial charge >= 0.3 is 6.18 Å². The molecule has 0 aliphatic carbocycles. The Hall–Kier alpha value is -1.50. The van der Waals surface area contributed by atoms with Crippen LogP contribution in [0.4, 0.5) is 23.2 Å². The number of hydrogen-bond acceptors (Lipinski definition) is 3. The van der Waals surface area contributed by atoms with Gasteiger partial charge in [0.2, 0.25) is 0 Å². The molecule has 0 heterocycles. The number of anilines is 1. The molecule has 0 aliphatic heterocycles. The number of nitrogen functional groups attached to an aromatic ring is 1. The molecular formula is C8H8F4N2O. The second kappa shape index (κ2) is 3.58. The summed E-state index contributed by atoms with van der Waals surface area (Å²) in [6.07, 6.45) is -4.72. The highest BCUT2D eigenvalue weighted by Crippen LogP contribution is 2.36. The Balaban J connectivity index is 3.21. The van der Waals surface area contributed by atoms with E-state index in [9.17, 15) is 17.6 Å². The van der Waals surface area contributed by atoms with Crippen LogP contribution in [0.3, 0.4) is 0 Å². The van der Waals surface area contributed by atoms with Crippen LogP contribution < -0.4 is 11.5 Å². The fourth-order valence-electron chi connectivity index (χ4n) is 1.02. The fraction of sp³-hybridized carbons (Fsp3) is 0.250. The van der Waals surface area contributed by atoms with Crippen molar-refractivity contribution in [3.63, 3.8) is 0 Å². The molecule has 3 nitrogen and oxygen atoms in total. The predicted octanol–water partition coefficient (Wildman–Crippen LogP) is 1.68. The molecule has 1 rings (SSSR count). The minimum atomic E-state index is -4.72. The summed E-state index contributed by atoms with van der Waals surface area (Å²) in [5.41, 5.74) is 8.74. The third kappa shape index (κ3) is 2.30. The van der Waals surface area contributed by atoms with E-state index in [0.717, 1.165) is 0 Å². The lowest BCUT2D eigenvalue weighted by Crippen LogP contribution is -2.28. The van der Waals surface area contributed by atoms with Gasteiger partial charge in [-0.1, -0.05) is 0 Å². The van der Waals surface area contributed by atoms with E-state index in [1.54, 1.807) is 0 Å². The van der Waals surface area contributed by atoms with Crippen molar-refractivity contribution in [2.75, 3.05) is 5.73 Å². The molecule has 0 bridgehead atoms. The molecule has 0 amide bonds. The Bertz CT molecular complexity index is 378. The number of alkyl halides is 3. The van der Waals surface area contributed by atoms with Crippen molar-refractivity contribution in [2.24, 2.45) is 5.73 Å². The maximum atomic E-state index is 12.7. The van der Waals surface area contributed by atoms with Crippen LogP contribution in [0.1, 0.15) is 11.6 Å². The zero-order valence-corrected chi connectivity index (χ0v) is 7.35. The Morgan fingerprint density at radius 3 is 2.27 bits per heavy atom. The number of phenols is 1. The fourth-order valence-corrected chi connectivity index (χ4v) is 1.02. The van der Waals surface area contributed by atoms with E-state index in [2.05, 4.69) is 0 Å². The first-order chi connectivity index (χ1) is 6.73. The van der Waals surface area contributed by atoms with E-state index in [-0.39, 0.29) is 0 Å². The van der Waals surface area contributed by atoms with E-state index in [1.807, 2.05) is 0 Å². The predicted molar refractivity (Wildman–Crippen MR) is 45.5 cm³/mol. The zero-order valence-electron chi connectivity index (χ0n) is 7.35. The quantitative estimate of drug-likeness (QED) is 0.386. The molecule has 0 radical (unpaired) electrons. The highest BCUT2D eigenvalue weighted by atomic mass is 19.4. The van der Waals surface area contributed by atoms with Gasteiger partial charge in [0.15, 0.2) is 0 Å². The maximum absolute atomic E-state index is 12.7. The highest BCUT2D eigenvalue weighted by molar-refractivity contribution is 5.50. The topological polar surface area (TPSA) is 72.3 Å². The molecular weight excluding hydrogens is 216 g/mol. The average molecular weight is 224 g/mol. The molecule has 1 atom stereocenters. The van der Waals surface area contributed by atoms with Crippen LogP contribution in [0.15, 0.2) is 12.1 Å². The van der Waals surface area contributed by atoms with Crippen molar-refractivity contribution in [1.29, 1.82) is 0 Å². The van der Waals surface area contributed by atoms with Crippen LogP contribution in [0.5, 0.6) is 5.75 Å². The van der Waals surface area contributed by atoms with Crippen LogP contribution >= 0.6 is 0 Å². The van der Waals surface area contributed by atoms with Crippen molar-refractivity contribution in [1.82, 2.24) is 0 Å². The Morgan fingerprint density at radius 2 is 1.80 bits per heavy atom. The lowest BCUT2D eigenvalue weighted by atomic mass is 10.1. The standard InChI is InChI=1S/C8H8F4N2O/c9-4-2-6(15)3(1-5(4)13)7(14)8(10,11)12/h1-2,7,15H,13-14H2/t7-/m1/s1. The molecule has 15 heavy (non-hydrogen) atoms. The van der Waals surface area contributed by atoms with E-state index in [0.29, 0.717) is 12.1 Å². The minimum absolute atomic E-state index is 0.496. The number of rotatable bonds is 1. The number of hydrogen-bond donors (Lipinski definition) is 3. The first kappa shape index (κ1) is 11.6. The molecule has 0 saturated carbocycles. The molecule has 7 heteroatoms. The van der Waals surface area contributed by atoms with Crippen LogP contribution in [-0.2, 0) is 0 Å². The molecule has 0 saturated heterocycles. The second-order valence-electron chi connectivity index (χ2n) is 2.95. The number of phenolic OH excluding ortho intramolecular Hbond substituents is 1. The summed E-state index contributed by atoms with van der Waals surface area (Å²) in [5.74, 6) is -1.86. The maximum Gasteiger partial charge on any atom is 0.407 e. The Labute approximate surface area is 82.3 Å². The molecule has 0 spiro atoms. The van der Waals surface area contributed by atoms with Crippen LogP contribution in [0.25, 0.3) is 0 Å². The van der Waals surface area contributed by atoms with Gasteiger partial charge in [0.25, 0.3) is 0 Å². The Morgan fingerprint density at radius 1 is 1.27 bits per heavy atom.